The lowest BCUT2D eigenvalue weighted by atomic mass is 9.97. The number of hydrogen-bond donors (Lipinski definition) is 1. The minimum absolute atomic E-state index is 0.0805. The van der Waals surface area contributed by atoms with Gasteiger partial charge in [-0.2, -0.15) is 5.10 Å². The molecule has 1 N–H and O–H groups in total. The summed E-state index contributed by atoms with van der Waals surface area (Å²) in [4.78, 5) is 13.2. The summed E-state index contributed by atoms with van der Waals surface area (Å²) in [6.45, 7) is 3.47. The maximum Gasteiger partial charge on any atom is 0.130 e. The molecule has 0 unspecified atom stereocenters. The fourth-order valence-corrected chi connectivity index (χ4v) is 3.35. The van der Waals surface area contributed by atoms with Crippen molar-refractivity contribution in [2.45, 2.75) is 19.4 Å². The lowest BCUT2D eigenvalue weighted by Gasteiger charge is -2.18. The lowest BCUT2D eigenvalue weighted by molar-refractivity contribution is 0.0932. The molecule has 0 saturated carbocycles. The summed E-state index contributed by atoms with van der Waals surface area (Å²) in [5.74, 6) is 1.95. The molecule has 1 saturated heterocycles. The Morgan fingerprint density at radius 2 is 2.23 bits per heavy atom. The first-order valence-corrected chi connectivity index (χ1v) is 8.79. The van der Waals surface area contributed by atoms with Gasteiger partial charge in [0.05, 0.1) is 18.0 Å². The van der Waals surface area contributed by atoms with Gasteiger partial charge in [-0.3, -0.25) is 9.67 Å². The first kappa shape index (κ1) is 16.7. The smallest absolute Gasteiger partial charge is 0.130 e. The number of nitrogens with one attached hydrogen (secondary N) is 1. The van der Waals surface area contributed by atoms with Crippen LogP contribution in [0.15, 0.2) is 43.0 Å². The highest BCUT2D eigenvalue weighted by Crippen LogP contribution is 2.34. The molecule has 3 aromatic heterocycles. The molecule has 4 heterocycles. The van der Waals surface area contributed by atoms with Crippen molar-refractivity contribution in [1.29, 1.82) is 0 Å². The Kier molecular flexibility index (Phi) is 4.62. The van der Waals surface area contributed by atoms with Crippen molar-refractivity contribution in [3.05, 3.63) is 54.4 Å². The summed E-state index contributed by atoms with van der Waals surface area (Å²) in [5.41, 5.74) is 2.99. The summed E-state index contributed by atoms with van der Waals surface area (Å²) in [6, 6.07) is 5.88. The monoisotopic (exact) mass is 350 g/mol. The van der Waals surface area contributed by atoms with E-state index in [1.54, 1.807) is 6.20 Å². The molecule has 3 aromatic rings. The van der Waals surface area contributed by atoms with Crippen LogP contribution in [-0.4, -0.2) is 37.9 Å². The quantitative estimate of drug-likeness (QED) is 0.762. The summed E-state index contributed by atoms with van der Waals surface area (Å²) < 4.78 is 7.75. The Hall–Kier alpha value is -2.80. The summed E-state index contributed by atoms with van der Waals surface area (Å²) in [5, 5.41) is 7.73. The average Bonchev–Trinajstić information content (AvgIpc) is 3.29. The van der Waals surface area contributed by atoms with Gasteiger partial charge in [0.1, 0.15) is 11.6 Å². The summed E-state index contributed by atoms with van der Waals surface area (Å²) >= 11 is 0. The fourth-order valence-electron chi connectivity index (χ4n) is 3.35. The van der Waals surface area contributed by atoms with Crippen molar-refractivity contribution in [3.8, 4) is 11.3 Å². The Bertz CT molecular complexity index is 879. The van der Waals surface area contributed by atoms with Gasteiger partial charge in [-0.15, -0.1) is 0 Å². The van der Waals surface area contributed by atoms with Crippen molar-refractivity contribution in [3.63, 3.8) is 0 Å². The predicted octanol–water partition coefficient (Wildman–Crippen LogP) is 2.77. The first-order valence-electron chi connectivity index (χ1n) is 8.79. The van der Waals surface area contributed by atoms with E-state index in [1.165, 1.54) is 0 Å². The molecule has 0 aromatic carbocycles. The molecule has 1 aliphatic rings. The second-order valence-electron chi connectivity index (χ2n) is 6.60. The molecule has 0 radical (unpaired) electrons. The zero-order valence-corrected chi connectivity index (χ0v) is 15.0. The SMILES string of the molecule is Cc1nc(NC[C@@H]2CCO[C@H]2c2cnn(C)c2)cc(-c2cccnc2)n1. The summed E-state index contributed by atoms with van der Waals surface area (Å²) in [7, 11) is 1.93. The zero-order chi connectivity index (χ0) is 17.9. The molecule has 0 aliphatic carbocycles. The predicted molar refractivity (Wildman–Crippen MR) is 98.5 cm³/mol. The Balaban J connectivity index is 1.48. The van der Waals surface area contributed by atoms with Crippen molar-refractivity contribution in [2.24, 2.45) is 13.0 Å². The van der Waals surface area contributed by atoms with E-state index in [0.29, 0.717) is 5.92 Å². The Morgan fingerprint density at radius 1 is 1.31 bits per heavy atom. The Morgan fingerprint density at radius 3 is 3.00 bits per heavy atom. The van der Waals surface area contributed by atoms with Crippen LogP contribution in [0.1, 0.15) is 23.9 Å². The molecule has 134 valence electrons. The molecule has 4 rings (SSSR count). The van der Waals surface area contributed by atoms with Crippen LogP contribution in [0.5, 0.6) is 0 Å². The molecule has 1 aliphatic heterocycles. The number of pyridine rings is 1. The second kappa shape index (κ2) is 7.21. The fraction of sp³-hybridized carbons (Fsp3) is 0.368. The highest BCUT2D eigenvalue weighted by atomic mass is 16.5. The zero-order valence-electron chi connectivity index (χ0n) is 15.0. The van der Waals surface area contributed by atoms with Crippen LogP contribution in [0, 0.1) is 12.8 Å². The highest BCUT2D eigenvalue weighted by molar-refractivity contribution is 5.61. The van der Waals surface area contributed by atoms with Crippen molar-refractivity contribution >= 4 is 5.82 Å². The van der Waals surface area contributed by atoms with Crippen molar-refractivity contribution < 1.29 is 4.74 Å². The molecule has 2 atom stereocenters. The van der Waals surface area contributed by atoms with E-state index >= 15 is 0 Å². The van der Waals surface area contributed by atoms with Gasteiger partial charge in [-0.25, -0.2) is 9.97 Å². The first-order chi connectivity index (χ1) is 12.7. The molecule has 0 spiro atoms. The molecule has 1 fully saturated rings. The number of nitrogens with zero attached hydrogens (tertiary/aromatic N) is 5. The molecule has 0 bridgehead atoms. The molecule has 26 heavy (non-hydrogen) atoms. The topological polar surface area (TPSA) is 77.8 Å². The maximum atomic E-state index is 5.94. The van der Waals surface area contributed by atoms with Crippen molar-refractivity contribution in [2.75, 3.05) is 18.5 Å². The van der Waals surface area contributed by atoms with Crippen LogP contribution >= 0.6 is 0 Å². The molecule has 7 nitrogen and oxygen atoms in total. The van der Waals surface area contributed by atoms with E-state index in [4.69, 9.17) is 4.74 Å². The number of ether oxygens (including phenoxy) is 1. The standard InChI is InChI=1S/C19H22N6O/c1-13-23-17(14-4-3-6-20-9-14)8-18(24-13)21-10-15-5-7-26-19(15)16-11-22-25(2)12-16/h3-4,6,8-9,11-12,15,19H,5,7,10H2,1-2H3,(H,21,23,24)/t15-,19+/m0/s1. The van der Waals surface area contributed by atoms with Gasteiger partial charge < -0.3 is 10.1 Å². The average molecular weight is 350 g/mol. The van der Waals surface area contributed by atoms with Gasteiger partial charge in [0.15, 0.2) is 0 Å². The van der Waals surface area contributed by atoms with Gasteiger partial charge in [-0.05, 0) is 25.5 Å². The molecular weight excluding hydrogens is 328 g/mol. The molecular formula is C19H22N6O. The van der Waals surface area contributed by atoms with E-state index in [2.05, 4.69) is 25.4 Å². The van der Waals surface area contributed by atoms with Gasteiger partial charge in [0.2, 0.25) is 0 Å². The molecule has 7 heteroatoms. The van der Waals surface area contributed by atoms with Crippen LogP contribution in [0.3, 0.4) is 0 Å². The third kappa shape index (κ3) is 3.57. The summed E-state index contributed by atoms with van der Waals surface area (Å²) in [6.07, 6.45) is 8.59. The van der Waals surface area contributed by atoms with Crippen LogP contribution in [-0.2, 0) is 11.8 Å². The third-order valence-corrected chi connectivity index (χ3v) is 4.61. The number of hydrogen-bond acceptors (Lipinski definition) is 6. The molecule has 0 amide bonds. The van der Waals surface area contributed by atoms with Gasteiger partial charge in [0.25, 0.3) is 0 Å². The number of aromatic nitrogens is 5. The van der Waals surface area contributed by atoms with E-state index in [9.17, 15) is 0 Å². The van der Waals surface area contributed by atoms with E-state index in [-0.39, 0.29) is 6.10 Å². The van der Waals surface area contributed by atoms with Crippen molar-refractivity contribution in [1.82, 2.24) is 24.7 Å². The van der Waals surface area contributed by atoms with Gasteiger partial charge in [0, 0.05) is 61.9 Å². The highest BCUT2D eigenvalue weighted by Gasteiger charge is 2.30. The maximum absolute atomic E-state index is 5.94. The number of anilines is 1. The Labute approximate surface area is 152 Å². The largest absolute Gasteiger partial charge is 0.373 e. The normalized spacial score (nSPS) is 19.6. The minimum atomic E-state index is 0.0805. The van der Waals surface area contributed by atoms with E-state index in [0.717, 1.165) is 48.0 Å². The number of rotatable bonds is 5. The van der Waals surface area contributed by atoms with Gasteiger partial charge in [-0.1, -0.05) is 0 Å². The van der Waals surface area contributed by atoms with Crippen LogP contribution < -0.4 is 5.32 Å². The van der Waals surface area contributed by atoms with E-state index in [1.807, 2.05) is 55.4 Å². The third-order valence-electron chi connectivity index (χ3n) is 4.61. The van der Waals surface area contributed by atoms with E-state index < -0.39 is 0 Å². The van der Waals surface area contributed by atoms with Crippen LogP contribution in [0.25, 0.3) is 11.3 Å². The number of aryl methyl sites for hydroxylation is 2. The lowest BCUT2D eigenvalue weighted by Crippen LogP contribution is -2.18. The van der Waals surface area contributed by atoms with Crippen LogP contribution in [0.4, 0.5) is 5.82 Å². The van der Waals surface area contributed by atoms with Gasteiger partial charge >= 0.3 is 0 Å². The van der Waals surface area contributed by atoms with Crippen LogP contribution in [0.2, 0.25) is 0 Å². The second-order valence-corrected chi connectivity index (χ2v) is 6.60. The minimum Gasteiger partial charge on any atom is -0.373 e.